The van der Waals surface area contributed by atoms with E-state index in [0.29, 0.717) is 11.3 Å². The number of hydrogen-bond acceptors (Lipinski definition) is 3. The van der Waals surface area contributed by atoms with Gasteiger partial charge in [-0.1, -0.05) is 6.07 Å². The summed E-state index contributed by atoms with van der Waals surface area (Å²) in [6.45, 7) is 0.747. The number of hydrogen-bond donors (Lipinski definition) is 1. The third-order valence-electron chi connectivity index (χ3n) is 2.12. The van der Waals surface area contributed by atoms with Crippen LogP contribution in [-0.2, 0) is 4.74 Å². The first kappa shape index (κ1) is 14.3. The lowest BCUT2D eigenvalue weighted by molar-refractivity contribution is -0.172. The Labute approximate surface area is 103 Å². The highest BCUT2D eigenvalue weighted by atomic mass is 19.4. The molecule has 1 rings (SSSR count). The molecule has 0 unspecified atom stereocenters. The minimum Gasteiger partial charge on any atom is -0.382 e. The molecule has 0 aromatic heterocycles. The van der Waals surface area contributed by atoms with Crippen molar-refractivity contribution < 1.29 is 17.9 Å². The van der Waals surface area contributed by atoms with Crippen LogP contribution < -0.4 is 5.32 Å². The summed E-state index contributed by atoms with van der Waals surface area (Å²) in [7, 11) is 0. The molecule has 3 nitrogen and oxygen atoms in total. The summed E-state index contributed by atoms with van der Waals surface area (Å²) < 4.78 is 39.8. The van der Waals surface area contributed by atoms with Crippen LogP contribution in [0.25, 0.3) is 0 Å². The van der Waals surface area contributed by atoms with Gasteiger partial charge in [0.15, 0.2) is 0 Å². The van der Waals surface area contributed by atoms with Gasteiger partial charge in [0, 0.05) is 6.54 Å². The summed E-state index contributed by atoms with van der Waals surface area (Å²) in [5.74, 6) is 0. The van der Waals surface area contributed by atoms with Gasteiger partial charge in [0.2, 0.25) is 0 Å². The lowest BCUT2D eigenvalue weighted by Gasteiger charge is -2.10. The van der Waals surface area contributed by atoms with Gasteiger partial charge >= 0.3 is 6.18 Å². The van der Waals surface area contributed by atoms with Gasteiger partial charge in [-0.2, -0.15) is 18.4 Å². The highest BCUT2D eigenvalue weighted by molar-refractivity contribution is 5.58. The molecule has 1 aromatic rings. The fourth-order valence-electron chi connectivity index (χ4n) is 1.35. The van der Waals surface area contributed by atoms with Crippen molar-refractivity contribution in [2.24, 2.45) is 0 Å². The van der Waals surface area contributed by atoms with Crippen LogP contribution in [0.1, 0.15) is 11.1 Å². The van der Waals surface area contributed by atoms with E-state index in [-0.39, 0.29) is 13.2 Å². The summed E-state index contributed by atoms with van der Waals surface area (Å²) in [6.07, 6.45) is -4.30. The molecular weight excluding hydrogens is 245 g/mol. The van der Waals surface area contributed by atoms with Crippen LogP contribution in [0, 0.1) is 18.3 Å². The third kappa shape index (κ3) is 5.06. The summed E-state index contributed by atoms with van der Waals surface area (Å²) in [5, 5.41) is 11.7. The molecule has 1 aromatic carbocycles. The molecule has 98 valence electrons. The average Bonchev–Trinajstić information content (AvgIpc) is 2.28. The molecule has 0 radical (unpaired) electrons. The van der Waals surface area contributed by atoms with Gasteiger partial charge in [0.1, 0.15) is 12.7 Å². The van der Waals surface area contributed by atoms with E-state index < -0.39 is 12.8 Å². The Balaban J connectivity index is 2.38. The largest absolute Gasteiger partial charge is 0.411 e. The van der Waals surface area contributed by atoms with E-state index in [1.54, 1.807) is 12.1 Å². The zero-order valence-corrected chi connectivity index (χ0v) is 9.84. The van der Waals surface area contributed by atoms with Gasteiger partial charge < -0.3 is 10.1 Å². The molecule has 0 aliphatic rings. The second-order valence-corrected chi connectivity index (χ2v) is 3.76. The van der Waals surface area contributed by atoms with Gasteiger partial charge in [-0.15, -0.1) is 0 Å². The van der Waals surface area contributed by atoms with Crippen molar-refractivity contribution in [3.8, 4) is 6.07 Å². The number of anilines is 1. The monoisotopic (exact) mass is 258 g/mol. The lowest BCUT2D eigenvalue weighted by Crippen LogP contribution is -2.20. The number of ether oxygens (including phenoxy) is 1. The standard InChI is InChI=1S/C12H13F3N2O/c1-9-2-3-11(10(6-9)7-16)17-4-5-18-8-12(13,14)15/h2-3,6,17H,4-5,8H2,1H3. The van der Waals surface area contributed by atoms with Gasteiger partial charge in [-0.25, -0.2) is 0 Å². The Bertz CT molecular complexity index is 438. The minimum absolute atomic E-state index is 0.0712. The second kappa shape index (κ2) is 6.26. The first-order valence-electron chi connectivity index (χ1n) is 5.31. The zero-order valence-electron chi connectivity index (χ0n) is 9.84. The van der Waals surface area contributed by atoms with Gasteiger partial charge in [0.25, 0.3) is 0 Å². The SMILES string of the molecule is Cc1ccc(NCCOCC(F)(F)F)c(C#N)c1. The highest BCUT2D eigenvalue weighted by Crippen LogP contribution is 2.16. The molecule has 0 spiro atoms. The van der Waals surface area contributed by atoms with Crippen LogP contribution in [0.15, 0.2) is 18.2 Å². The fraction of sp³-hybridized carbons (Fsp3) is 0.417. The predicted octanol–water partition coefficient (Wildman–Crippen LogP) is 2.86. The van der Waals surface area contributed by atoms with Crippen LogP contribution in [0.2, 0.25) is 0 Å². The molecule has 0 aliphatic heterocycles. The summed E-state index contributed by atoms with van der Waals surface area (Å²) in [4.78, 5) is 0. The molecule has 0 fully saturated rings. The molecule has 18 heavy (non-hydrogen) atoms. The van der Waals surface area contributed by atoms with Crippen molar-refractivity contribution in [1.82, 2.24) is 0 Å². The number of nitrogens with zero attached hydrogens (tertiary/aromatic N) is 1. The van der Waals surface area contributed by atoms with E-state index in [1.165, 1.54) is 0 Å². The Hall–Kier alpha value is -1.74. The smallest absolute Gasteiger partial charge is 0.382 e. The molecule has 0 bridgehead atoms. The predicted molar refractivity (Wildman–Crippen MR) is 61.3 cm³/mol. The number of alkyl halides is 3. The summed E-state index contributed by atoms with van der Waals surface area (Å²) >= 11 is 0. The van der Waals surface area contributed by atoms with Crippen molar-refractivity contribution in [2.45, 2.75) is 13.1 Å². The lowest BCUT2D eigenvalue weighted by atomic mass is 10.1. The molecule has 1 N–H and O–H groups in total. The van der Waals surface area contributed by atoms with Crippen molar-refractivity contribution in [1.29, 1.82) is 5.26 Å². The van der Waals surface area contributed by atoms with Crippen molar-refractivity contribution in [3.05, 3.63) is 29.3 Å². The van der Waals surface area contributed by atoms with Gasteiger partial charge in [-0.05, 0) is 24.6 Å². The van der Waals surface area contributed by atoms with Gasteiger partial charge in [-0.3, -0.25) is 0 Å². The van der Waals surface area contributed by atoms with E-state index in [0.717, 1.165) is 5.56 Å². The molecule has 0 heterocycles. The molecular formula is C12H13F3N2O. The molecule has 0 aliphatic carbocycles. The number of nitrogens with one attached hydrogen (secondary N) is 1. The summed E-state index contributed by atoms with van der Waals surface area (Å²) in [5.41, 5.74) is 2.01. The quantitative estimate of drug-likeness (QED) is 0.826. The Morgan fingerprint density at radius 1 is 1.39 bits per heavy atom. The maximum atomic E-state index is 11.8. The van der Waals surface area contributed by atoms with Crippen LogP contribution in [0.4, 0.5) is 18.9 Å². The molecule has 0 amide bonds. The van der Waals surface area contributed by atoms with Crippen molar-refractivity contribution in [2.75, 3.05) is 25.1 Å². The van der Waals surface area contributed by atoms with Crippen LogP contribution in [0.3, 0.4) is 0 Å². The number of halogens is 3. The summed E-state index contributed by atoms with van der Waals surface area (Å²) in [6, 6.07) is 7.26. The Morgan fingerprint density at radius 3 is 2.72 bits per heavy atom. The van der Waals surface area contributed by atoms with Crippen molar-refractivity contribution >= 4 is 5.69 Å². The topological polar surface area (TPSA) is 45.0 Å². The van der Waals surface area contributed by atoms with E-state index in [1.807, 2.05) is 19.1 Å². The maximum absolute atomic E-state index is 11.8. The first-order valence-corrected chi connectivity index (χ1v) is 5.31. The first-order chi connectivity index (χ1) is 8.42. The Morgan fingerprint density at radius 2 is 2.11 bits per heavy atom. The van der Waals surface area contributed by atoms with Crippen LogP contribution >= 0.6 is 0 Å². The average molecular weight is 258 g/mol. The highest BCUT2D eigenvalue weighted by Gasteiger charge is 2.27. The molecule has 0 saturated carbocycles. The zero-order chi connectivity index (χ0) is 13.6. The van der Waals surface area contributed by atoms with E-state index >= 15 is 0 Å². The number of benzene rings is 1. The van der Waals surface area contributed by atoms with Crippen LogP contribution in [0.5, 0.6) is 0 Å². The van der Waals surface area contributed by atoms with Crippen molar-refractivity contribution in [3.63, 3.8) is 0 Å². The second-order valence-electron chi connectivity index (χ2n) is 3.76. The molecule has 0 saturated heterocycles. The van der Waals surface area contributed by atoms with E-state index in [4.69, 9.17) is 5.26 Å². The Kier molecular flexibility index (Phi) is 4.98. The number of nitriles is 1. The van der Waals surface area contributed by atoms with Crippen LogP contribution in [-0.4, -0.2) is 25.9 Å². The van der Waals surface area contributed by atoms with Gasteiger partial charge in [0.05, 0.1) is 17.9 Å². The van der Waals surface area contributed by atoms with E-state index in [9.17, 15) is 13.2 Å². The molecule has 0 atom stereocenters. The number of aryl methyl sites for hydroxylation is 1. The minimum atomic E-state index is -4.30. The fourth-order valence-corrected chi connectivity index (χ4v) is 1.35. The number of rotatable bonds is 5. The third-order valence-corrected chi connectivity index (χ3v) is 2.12. The normalized spacial score (nSPS) is 11.1. The maximum Gasteiger partial charge on any atom is 0.411 e. The van der Waals surface area contributed by atoms with E-state index in [2.05, 4.69) is 10.1 Å². The molecule has 6 heteroatoms.